The van der Waals surface area contributed by atoms with Crippen LogP contribution in [0.1, 0.15) is 48.7 Å². The Morgan fingerprint density at radius 1 is 1.03 bits per heavy atom. The summed E-state index contributed by atoms with van der Waals surface area (Å²) in [7, 11) is 0. The quantitative estimate of drug-likeness (QED) is 0.272. The van der Waals surface area contributed by atoms with E-state index in [0.29, 0.717) is 17.7 Å². The van der Waals surface area contributed by atoms with Gasteiger partial charge in [0.2, 0.25) is 5.91 Å². The van der Waals surface area contributed by atoms with E-state index in [9.17, 15) is 32.7 Å². The number of carboxylic acid groups (broad SMARTS) is 1. The van der Waals surface area contributed by atoms with Gasteiger partial charge < -0.3 is 27.2 Å². The molecule has 0 aliphatic carbocycles. The maximum atomic E-state index is 13.2. The minimum atomic E-state index is -4.73. The lowest BCUT2D eigenvalue weighted by molar-refractivity contribution is -0.142. The van der Waals surface area contributed by atoms with E-state index in [1.54, 1.807) is 12.1 Å². The number of carboxylic acids is 1. The summed E-state index contributed by atoms with van der Waals surface area (Å²) in [4.78, 5) is 39.9. The van der Waals surface area contributed by atoms with E-state index >= 15 is 0 Å². The predicted molar refractivity (Wildman–Crippen MR) is 129 cm³/mol. The second kappa shape index (κ2) is 11.1. The monoisotopic (exact) mass is 507 g/mol. The standard InChI is InChI=1S/C24H28F3N5O4/c1-23(2,3)12-19(33)32-18(21(35)36)8-13-4-6-16(7-5-13)30-20(34)14-9-15(24(25,26)27)11-17(10-14)31-22(28)29/h4-7,9-11,18H,8,12H2,1-3H3,(H,30,34)(H,32,33)(H,35,36)(H4,28,29,31). The molecule has 1 atom stereocenters. The molecule has 0 heterocycles. The molecule has 0 radical (unpaired) electrons. The first-order chi connectivity index (χ1) is 16.5. The average Bonchev–Trinajstić information content (AvgIpc) is 2.71. The highest BCUT2D eigenvalue weighted by molar-refractivity contribution is 6.05. The Balaban J connectivity index is 2.16. The lowest BCUT2D eigenvalue weighted by atomic mass is 9.91. The smallest absolute Gasteiger partial charge is 0.416 e. The van der Waals surface area contributed by atoms with Crippen molar-refractivity contribution in [3.63, 3.8) is 0 Å². The number of anilines is 1. The third kappa shape index (κ3) is 8.93. The van der Waals surface area contributed by atoms with Crippen LogP contribution in [0.2, 0.25) is 0 Å². The molecule has 0 aromatic heterocycles. The van der Waals surface area contributed by atoms with Crippen LogP contribution in [0.25, 0.3) is 0 Å². The zero-order valence-corrected chi connectivity index (χ0v) is 19.9. The Morgan fingerprint density at radius 3 is 2.14 bits per heavy atom. The summed E-state index contributed by atoms with van der Waals surface area (Å²) in [5, 5.41) is 14.4. The number of hydrogen-bond acceptors (Lipinski definition) is 4. The average molecular weight is 508 g/mol. The zero-order chi connectivity index (χ0) is 27.3. The summed E-state index contributed by atoms with van der Waals surface area (Å²) >= 11 is 0. The number of benzene rings is 2. The van der Waals surface area contributed by atoms with E-state index in [0.717, 1.165) is 6.07 Å². The summed E-state index contributed by atoms with van der Waals surface area (Å²) in [6.45, 7) is 5.57. The van der Waals surface area contributed by atoms with Crippen molar-refractivity contribution in [3.8, 4) is 0 Å². The number of aliphatic imine (C=N–C) groups is 1. The number of amides is 2. The van der Waals surface area contributed by atoms with Crippen LogP contribution in [0, 0.1) is 5.41 Å². The number of guanidine groups is 1. The number of hydrogen-bond donors (Lipinski definition) is 5. The molecule has 0 spiro atoms. The summed E-state index contributed by atoms with van der Waals surface area (Å²) in [6, 6.07) is 7.35. The number of nitrogens with zero attached hydrogens (tertiary/aromatic N) is 1. The lowest BCUT2D eigenvalue weighted by Crippen LogP contribution is -2.43. The third-order valence-corrected chi connectivity index (χ3v) is 4.74. The molecule has 194 valence electrons. The van der Waals surface area contributed by atoms with E-state index < -0.39 is 35.6 Å². The topological polar surface area (TPSA) is 160 Å². The molecule has 0 saturated carbocycles. The molecule has 2 aromatic carbocycles. The highest BCUT2D eigenvalue weighted by atomic mass is 19.4. The van der Waals surface area contributed by atoms with Gasteiger partial charge in [0.1, 0.15) is 6.04 Å². The van der Waals surface area contributed by atoms with Crippen LogP contribution in [0.4, 0.5) is 24.5 Å². The molecule has 2 aromatic rings. The first-order valence-electron chi connectivity index (χ1n) is 10.8. The van der Waals surface area contributed by atoms with Crippen molar-refractivity contribution in [2.75, 3.05) is 5.32 Å². The molecule has 0 aliphatic heterocycles. The van der Waals surface area contributed by atoms with Crippen LogP contribution in [0.15, 0.2) is 47.5 Å². The van der Waals surface area contributed by atoms with E-state index in [2.05, 4.69) is 15.6 Å². The Kier molecular flexibility index (Phi) is 8.68. The molecular formula is C24H28F3N5O4. The maximum absolute atomic E-state index is 13.2. The summed E-state index contributed by atoms with van der Waals surface area (Å²) in [5.41, 5.74) is 9.34. The van der Waals surface area contributed by atoms with Crippen molar-refractivity contribution >= 4 is 35.1 Å². The van der Waals surface area contributed by atoms with Gasteiger partial charge in [-0.2, -0.15) is 13.2 Å². The minimum Gasteiger partial charge on any atom is -0.480 e. The first kappa shape index (κ1) is 28.1. The van der Waals surface area contributed by atoms with Crippen molar-refractivity contribution in [2.24, 2.45) is 21.9 Å². The Bertz CT molecular complexity index is 1150. The number of carbonyl (C=O) groups is 3. The van der Waals surface area contributed by atoms with Crippen molar-refractivity contribution < 1.29 is 32.7 Å². The maximum Gasteiger partial charge on any atom is 0.416 e. The van der Waals surface area contributed by atoms with Crippen LogP contribution in [0.3, 0.4) is 0 Å². The van der Waals surface area contributed by atoms with Crippen LogP contribution in [0.5, 0.6) is 0 Å². The summed E-state index contributed by atoms with van der Waals surface area (Å²) in [6.07, 6.45) is -4.58. The van der Waals surface area contributed by atoms with E-state index in [-0.39, 0.29) is 41.1 Å². The number of carbonyl (C=O) groups excluding carboxylic acids is 2. The van der Waals surface area contributed by atoms with Gasteiger partial charge in [0.05, 0.1) is 11.3 Å². The minimum absolute atomic E-state index is 0.00501. The van der Waals surface area contributed by atoms with E-state index in [4.69, 9.17) is 11.5 Å². The second-order valence-corrected chi connectivity index (χ2v) is 9.35. The van der Waals surface area contributed by atoms with Gasteiger partial charge in [0.15, 0.2) is 5.96 Å². The largest absolute Gasteiger partial charge is 0.480 e. The fourth-order valence-corrected chi connectivity index (χ4v) is 3.21. The van der Waals surface area contributed by atoms with Crippen molar-refractivity contribution in [3.05, 3.63) is 59.2 Å². The number of nitrogens with two attached hydrogens (primary N) is 2. The van der Waals surface area contributed by atoms with Gasteiger partial charge >= 0.3 is 12.1 Å². The van der Waals surface area contributed by atoms with E-state index in [1.165, 1.54) is 12.1 Å². The van der Waals surface area contributed by atoms with Gasteiger partial charge in [0.25, 0.3) is 5.91 Å². The molecule has 1 unspecified atom stereocenters. The lowest BCUT2D eigenvalue weighted by Gasteiger charge is -2.20. The highest BCUT2D eigenvalue weighted by Crippen LogP contribution is 2.33. The van der Waals surface area contributed by atoms with Crippen molar-refractivity contribution in [1.82, 2.24) is 5.32 Å². The number of nitrogens with one attached hydrogen (secondary N) is 2. The fourth-order valence-electron chi connectivity index (χ4n) is 3.21. The van der Waals surface area contributed by atoms with Crippen LogP contribution in [-0.4, -0.2) is 34.9 Å². The summed E-state index contributed by atoms with van der Waals surface area (Å²) < 4.78 is 39.7. The summed E-state index contributed by atoms with van der Waals surface area (Å²) in [5.74, 6) is -2.89. The van der Waals surface area contributed by atoms with Gasteiger partial charge in [-0.25, -0.2) is 9.79 Å². The van der Waals surface area contributed by atoms with Gasteiger partial charge in [-0.1, -0.05) is 32.9 Å². The highest BCUT2D eigenvalue weighted by Gasteiger charge is 2.32. The van der Waals surface area contributed by atoms with Gasteiger partial charge in [0, 0.05) is 24.1 Å². The Morgan fingerprint density at radius 2 is 1.64 bits per heavy atom. The van der Waals surface area contributed by atoms with Gasteiger partial charge in [-0.05, 0) is 41.3 Å². The molecule has 2 amide bonds. The first-order valence-corrected chi connectivity index (χ1v) is 10.8. The Labute approximate surface area is 205 Å². The van der Waals surface area contributed by atoms with Crippen LogP contribution >= 0.6 is 0 Å². The van der Waals surface area contributed by atoms with Crippen LogP contribution < -0.4 is 22.1 Å². The molecular weight excluding hydrogens is 479 g/mol. The SMILES string of the molecule is CC(C)(C)CC(=O)NC(Cc1ccc(NC(=O)c2cc(N=C(N)N)cc(C(F)(F)F)c2)cc1)C(=O)O. The number of alkyl halides is 3. The van der Waals surface area contributed by atoms with Crippen LogP contribution in [-0.2, 0) is 22.2 Å². The van der Waals surface area contributed by atoms with Gasteiger partial charge in [-0.15, -0.1) is 0 Å². The molecule has 7 N–H and O–H groups in total. The molecule has 0 saturated heterocycles. The molecule has 0 aliphatic rings. The van der Waals surface area contributed by atoms with Gasteiger partial charge in [-0.3, -0.25) is 9.59 Å². The van der Waals surface area contributed by atoms with Crippen molar-refractivity contribution in [2.45, 2.75) is 45.8 Å². The number of halogens is 3. The molecule has 0 bridgehead atoms. The Hall–Kier alpha value is -4.09. The van der Waals surface area contributed by atoms with E-state index in [1.807, 2.05) is 20.8 Å². The third-order valence-electron chi connectivity index (χ3n) is 4.74. The predicted octanol–water partition coefficient (Wildman–Crippen LogP) is 3.41. The van der Waals surface area contributed by atoms with Crippen molar-refractivity contribution in [1.29, 1.82) is 0 Å². The molecule has 36 heavy (non-hydrogen) atoms. The normalized spacial score (nSPS) is 12.4. The molecule has 9 nitrogen and oxygen atoms in total. The molecule has 0 fully saturated rings. The zero-order valence-electron chi connectivity index (χ0n) is 19.9. The number of aliphatic carboxylic acids is 1. The fraction of sp³-hybridized carbons (Fsp3) is 0.333. The molecule has 12 heteroatoms. The second-order valence-electron chi connectivity index (χ2n) is 9.35. The molecule has 2 rings (SSSR count). The number of rotatable bonds is 8.